The van der Waals surface area contributed by atoms with Gasteiger partial charge in [-0.15, -0.1) is 0 Å². The lowest BCUT2D eigenvalue weighted by Gasteiger charge is -2.11. The van der Waals surface area contributed by atoms with Crippen LogP contribution in [-0.4, -0.2) is 37.1 Å². The van der Waals surface area contributed by atoms with E-state index in [9.17, 15) is 9.90 Å². The maximum atomic E-state index is 11.6. The first kappa shape index (κ1) is 21.7. The number of imidazole rings is 1. The number of aliphatic hydroxyl groups excluding tert-OH is 1. The van der Waals surface area contributed by atoms with Crippen LogP contribution in [0.25, 0.3) is 33.1 Å². The van der Waals surface area contributed by atoms with Gasteiger partial charge in [-0.1, -0.05) is 25.1 Å². The third-order valence-electron chi connectivity index (χ3n) is 5.53. The first-order valence-electron chi connectivity index (χ1n) is 11.0. The molecule has 166 valence electrons. The zero-order valence-corrected chi connectivity index (χ0v) is 18.2. The van der Waals surface area contributed by atoms with Crippen LogP contribution in [0.4, 0.5) is 5.82 Å². The molecular weight excluding hydrogens is 404 g/mol. The number of carbonyl (C=O) groups excluding carboxylic acids is 1. The highest BCUT2D eigenvalue weighted by Crippen LogP contribution is 2.32. The lowest BCUT2D eigenvalue weighted by atomic mass is 10.0. The molecule has 0 aliphatic rings. The molecule has 0 unspecified atom stereocenters. The first-order valence-corrected chi connectivity index (χ1v) is 11.0. The SMILES string of the molecule is CCCC(=O)NCCCCn1c(CO)nc2c(N)nc3cc(-c4cccnc4)ccc3c21. The van der Waals surface area contributed by atoms with Crippen molar-refractivity contribution in [1.29, 1.82) is 0 Å². The van der Waals surface area contributed by atoms with Crippen LogP contribution < -0.4 is 11.1 Å². The monoisotopic (exact) mass is 432 g/mol. The summed E-state index contributed by atoms with van der Waals surface area (Å²) in [5.41, 5.74) is 10.5. The Morgan fingerprint density at radius 2 is 2.06 bits per heavy atom. The molecule has 0 aliphatic carbocycles. The van der Waals surface area contributed by atoms with Crippen LogP contribution in [0.15, 0.2) is 42.7 Å². The minimum absolute atomic E-state index is 0.0888. The van der Waals surface area contributed by atoms with Gasteiger partial charge in [-0.25, -0.2) is 9.97 Å². The summed E-state index contributed by atoms with van der Waals surface area (Å²) in [4.78, 5) is 25.0. The van der Waals surface area contributed by atoms with Gasteiger partial charge in [0.15, 0.2) is 5.82 Å². The lowest BCUT2D eigenvalue weighted by Crippen LogP contribution is -2.24. The Kier molecular flexibility index (Phi) is 6.61. The number of rotatable bonds is 9. The molecule has 4 rings (SSSR count). The Morgan fingerprint density at radius 3 is 2.81 bits per heavy atom. The Labute approximate surface area is 186 Å². The van der Waals surface area contributed by atoms with E-state index in [1.165, 1.54) is 0 Å². The molecule has 3 heterocycles. The largest absolute Gasteiger partial charge is 0.388 e. The molecule has 0 saturated heterocycles. The van der Waals surface area contributed by atoms with E-state index < -0.39 is 0 Å². The summed E-state index contributed by atoms with van der Waals surface area (Å²) in [6.07, 6.45) is 6.63. The molecule has 1 amide bonds. The molecular formula is C24H28N6O2. The molecule has 8 heteroatoms. The van der Waals surface area contributed by atoms with Crippen LogP contribution >= 0.6 is 0 Å². The lowest BCUT2D eigenvalue weighted by molar-refractivity contribution is -0.121. The molecule has 0 atom stereocenters. The fraction of sp³-hybridized carbons (Fsp3) is 0.333. The number of aliphatic hydroxyl groups is 1. The number of anilines is 1. The van der Waals surface area contributed by atoms with Gasteiger partial charge in [-0.3, -0.25) is 9.78 Å². The number of nitrogens with two attached hydrogens (primary N) is 1. The van der Waals surface area contributed by atoms with E-state index in [1.54, 1.807) is 6.20 Å². The van der Waals surface area contributed by atoms with Crippen LogP contribution in [-0.2, 0) is 17.9 Å². The number of carbonyl (C=O) groups is 1. The summed E-state index contributed by atoms with van der Waals surface area (Å²) < 4.78 is 2.02. The molecule has 1 aromatic carbocycles. The van der Waals surface area contributed by atoms with Gasteiger partial charge in [0.1, 0.15) is 17.9 Å². The molecule has 32 heavy (non-hydrogen) atoms. The summed E-state index contributed by atoms with van der Waals surface area (Å²) >= 11 is 0. The number of unbranched alkanes of at least 4 members (excludes halogenated alkanes) is 1. The number of fused-ring (bicyclic) bond motifs is 3. The number of benzene rings is 1. The molecule has 4 aromatic rings. The highest BCUT2D eigenvalue weighted by atomic mass is 16.3. The van der Waals surface area contributed by atoms with Crippen molar-refractivity contribution in [3.05, 3.63) is 48.5 Å². The van der Waals surface area contributed by atoms with Crippen molar-refractivity contribution in [2.75, 3.05) is 12.3 Å². The highest BCUT2D eigenvalue weighted by molar-refractivity contribution is 6.07. The third-order valence-corrected chi connectivity index (χ3v) is 5.53. The van der Waals surface area contributed by atoms with Crippen molar-refractivity contribution in [2.24, 2.45) is 0 Å². The van der Waals surface area contributed by atoms with Crippen LogP contribution in [0.5, 0.6) is 0 Å². The first-order chi connectivity index (χ1) is 15.6. The number of amides is 1. The maximum Gasteiger partial charge on any atom is 0.219 e. The summed E-state index contributed by atoms with van der Waals surface area (Å²) in [6.45, 7) is 3.11. The Hall–Kier alpha value is -3.52. The number of nitrogens with zero attached hydrogens (tertiary/aromatic N) is 4. The normalized spacial score (nSPS) is 11.3. The molecule has 0 aliphatic heterocycles. The molecule has 3 aromatic heterocycles. The van der Waals surface area contributed by atoms with Gasteiger partial charge in [0, 0.05) is 42.9 Å². The van der Waals surface area contributed by atoms with Gasteiger partial charge in [-0.2, -0.15) is 0 Å². The van der Waals surface area contributed by atoms with Crippen molar-refractivity contribution in [1.82, 2.24) is 24.8 Å². The molecule has 0 bridgehead atoms. The average Bonchev–Trinajstić information content (AvgIpc) is 3.19. The fourth-order valence-corrected chi connectivity index (χ4v) is 3.97. The van der Waals surface area contributed by atoms with E-state index in [-0.39, 0.29) is 12.5 Å². The van der Waals surface area contributed by atoms with E-state index in [1.807, 2.05) is 48.0 Å². The zero-order chi connectivity index (χ0) is 22.5. The van der Waals surface area contributed by atoms with Gasteiger partial charge in [-0.05, 0) is 37.0 Å². The minimum Gasteiger partial charge on any atom is -0.388 e. The predicted molar refractivity (Wildman–Crippen MR) is 126 cm³/mol. The van der Waals surface area contributed by atoms with Crippen LogP contribution in [0.3, 0.4) is 0 Å². The van der Waals surface area contributed by atoms with E-state index in [0.29, 0.717) is 36.7 Å². The number of hydrogen-bond donors (Lipinski definition) is 3. The second-order valence-electron chi connectivity index (χ2n) is 7.81. The number of hydrogen-bond acceptors (Lipinski definition) is 6. The highest BCUT2D eigenvalue weighted by Gasteiger charge is 2.17. The molecule has 4 N–H and O–H groups in total. The molecule has 8 nitrogen and oxygen atoms in total. The zero-order valence-electron chi connectivity index (χ0n) is 18.2. The summed E-state index contributed by atoms with van der Waals surface area (Å²) in [5, 5.41) is 13.8. The predicted octanol–water partition coefficient (Wildman–Crippen LogP) is 3.42. The molecule has 0 radical (unpaired) electrons. The maximum absolute atomic E-state index is 11.6. The number of nitrogens with one attached hydrogen (secondary N) is 1. The summed E-state index contributed by atoms with van der Waals surface area (Å²) in [6, 6.07) is 9.97. The van der Waals surface area contributed by atoms with Crippen molar-refractivity contribution < 1.29 is 9.90 Å². The van der Waals surface area contributed by atoms with Crippen molar-refractivity contribution >= 4 is 33.7 Å². The van der Waals surface area contributed by atoms with Crippen LogP contribution in [0.2, 0.25) is 0 Å². The molecule has 0 saturated carbocycles. The average molecular weight is 433 g/mol. The number of nitrogen functional groups attached to an aromatic ring is 1. The fourth-order valence-electron chi connectivity index (χ4n) is 3.97. The van der Waals surface area contributed by atoms with Gasteiger partial charge in [0.05, 0.1) is 11.0 Å². The Morgan fingerprint density at radius 1 is 1.19 bits per heavy atom. The summed E-state index contributed by atoms with van der Waals surface area (Å²) in [7, 11) is 0. The van der Waals surface area contributed by atoms with E-state index in [4.69, 9.17) is 5.73 Å². The second-order valence-corrected chi connectivity index (χ2v) is 7.81. The van der Waals surface area contributed by atoms with E-state index >= 15 is 0 Å². The van der Waals surface area contributed by atoms with Crippen molar-refractivity contribution in [3.8, 4) is 11.1 Å². The van der Waals surface area contributed by atoms with E-state index in [0.717, 1.165) is 46.8 Å². The van der Waals surface area contributed by atoms with Gasteiger partial charge in [0.2, 0.25) is 5.91 Å². The van der Waals surface area contributed by atoms with Crippen molar-refractivity contribution in [2.45, 2.75) is 45.8 Å². The van der Waals surface area contributed by atoms with Crippen molar-refractivity contribution in [3.63, 3.8) is 0 Å². The summed E-state index contributed by atoms with van der Waals surface area (Å²) in [5.74, 6) is 0.995. The topological polar surface area (TPSA) is 119 Å². The van der Waals surface area contributed by atoms with Gasteiger partial charge in [0.25, 0.3) is 0 Å². The third kappa shape index (κ3) is 4.40. The quantitative estimate of drug-likeness (QED) is 0.349. The smallest absolute Gasteiger partial charge is 0.219 e. The van der Waals surface area contributed by atoms with E-state index in [2.05, 4.69) is 20.3 Å². The van der Waals surface area contributed by atoms with Crippen LogP contribution in [0, 0.1) is 0 Å². The minimum atomic E-state index is -0.184. The van der Waals surface area contributed by atoms with Gasteiger partial charge < -0.3 is 20.7 Å². The Balaban J connectivity index is 1.65. The second kappa shape index (κ2) is 9.74. The number of pyridine rings is 2. The van der Waals surface area contributed by atoms with Crippen LogP contribution in [0.1, 0.15) is 38.4 Å². The number of aryl methyl sites for hydroxylation is 1. The number of aromatic nitrogens is 4. The standard InChI is InChI=1S/C24H28N6O2/c1-2-6-21(32)27-11-3-4-12-30-20(15-31)29-22-23(30)18-9-8-16(13-19(18)28-24(22)25)17-7-5-10-26-14-17/h5,7-10,13-14,31H,2-4,6,11-12,15H2,1H3,(H2,25,28)(H,27,32). The molecule has 0 fully saturated rings. The Bertz CT molecular complexity index is 1240. The molecule has 0 spiro atoms. The van der Waals surface area contributed by atoms with Gasteiger partial charge >= 0.3 is 0 Å².